The maximum Gasteiger partial charge on any atom is 0.420 e. The van der Waals surface area contributed by atoms with Crippen LogP contribution in [0.5, 0.6) is 5.75 Å². The van der Waals surface area contributed by atoms with Crippen LogP contribution >= 0.6 is 22.9 Å². The van der Waals surface area contributed by atoms with Crippen LogP contribution in [0.1, 0.15) is 42.4 Å². The van der Waals surface area contributed by atoms with E-state index < -0.39 is 34.6 Å². The number of carbonyl (C=O) groups is 3. The van der Waals surface area contributed by atoms with Crippen molar-refractivity contribution in [1.82, 2.24) is 29.8 Å². The lowest BCUT2D eigenvalue weighted by Crippen LogP contribution is -2.63. The molecule has 6 aliphatic rings. The SMILES string of the molecule is O=C(N[C@H](Cc1cc(Cl)c(O)c(C(F)(F)F)c1)C(=O)N1CCN(C2CN3CCC2CC3)CC1)N1CCC(N2Cc3ccsc3NC2=O)CC1. The molecule has 2 atom stereocenters. The van der Waals surface area contributed by atoms with Gasteiger partial charge < -0.3 is 30.0 Å². The predicted octanol–water partition coefficient (Wildman–Crippen LogP) is 4.50. The Labute approximate surface area is 291 Å². The highest BCUT2D eigenvalue weighted by Crippen LogP contribution is 2.41. The Morgan fingerprint density at radius 1 is 1.02 bits per heavy atom. The van der Waals surface area contributed by atoms with Crippen molar-refractivity contribution < 1.29 is 32.7 Å². The minimum atomic E-state index is -4.86. The number of nitrogens with zero attached hydrogens (tertiary/aromatic N) is 5. The number of piperazine rings is 1. The third-order valence-corrected chi connectivity index (χ3v) is 12.1. The highest BCUT2D eigenvalue weighted by molar-refractivity contribution is 7.14. The van der Waals surface area contributed by atoms with E-state index in [1.54, 1.807) is 14.7 Å². The fourth-order valence-electron chi connectivity index (χ4n) is 8.18. The smallest absolute Gasteiger partial charge is 0.420 e. The van der Waals surface area contributed by atoms with Crippen molar-refractivity contribution in [3.63, 3.8) is 0 Å². The van der Waals surface area contributed by atoms with Crippen molar-refractivity contribution in [2.45, 2.75) is 63.0 Å². The molecule has 2 aromatic rings. The van der Waals surface area contributed by atoms with E-state index in [9.17, 15) is 32.7 Å². The van der Waals surface area contributed by atoms with E-state index in [1.165, 1.54) is 30.2 Å². The second-order valence-corrected chi connectivity index (χ2v) is 15.1. The van der Waals surface area contributed by atoms with Crippen LogP contribution in [0.4, 0.5) is 27.8 Å². The molecule has 6 aliphatic heterocycles. The average Bonchev–Trinajstić information content (AvgIpc) is 3.56. The molecule has 16 heteroatoms. The number of halogens is 4. The normalized spacial score (nSPS) is 25.6. The molecular formula is C33H41ClF3N7O4S. The highest BCUT2D eigenvalue weighted by Gasteiger charge is 2.41. The molecule has 266 valence electrons. The van der Waals surface area contributed by atoms with Gasteiger partial charge in [-0.05, 0) is 73.8 Å². The van der Waals surface area contributed by atoms with Crippen molar-refractivity contribution >= 4 is 45.9 Å². The Bertz CT molecular complexity index is 1570. The van der Waals surface area contributed by atoms with Crippen LogP contribution in [-0.2, 0) is 23.9 Å². The number of hydrogen-bond donors (Lipinski definition) is 3. The molecule has 8 rings (SSSR count). The molecule has 5 fully saturated rings. The molecule has 5 amide bonds. The molecule has 1 unspecified atom stereocenters. The highest BCUT2D eigenvalue weighted by atomic mass is 35.5. The topological polar surface area (TPSA) is 112 Å². The molecule has 0 spiro atoms. The molecule has 1 aromatic heterocycles. The van der Waals surface area contributed by atoms with E-state index in [2.05, 4.69) is 20.4 Å². The van der Waals surface area contributed by atoms with Crippen LogP contribution in [0.15, 0.2) is 23.6 Å². The van der Waals surface area contributed by atoms with Gasteiger partial charge in [0.1, 0.15) is 16.8 Å². The van der Waals surface area contributed by atoms with Gasteiger partial charge in [0, 0.05) is 69.9 Å². The molecule has 11 nitrogen and oxygen atoms in total. The van der Waals surface area contributed by atoms with Gasteiger partial charge in [0.05, 0.1) is 17.1 Å². The predicted molar refractivity (Wildman–Crippen MR) is 179 cm³/mol. The second-order valence-electron chi connectivity index (χ2n) is 13.8. The molecule has 0 saturated carbocycles. The summed E-state index contributed by atoms with van der Waals surface area (Å²) in [5.41, 5.74) is -0.168. The van der Waals surface area contributed by atoms with E-state index in [4.69, 9.17) is 11.6 Å². The second kappa shape index (κ2) is 13.8. The summed E-state index contributed by atoms with van der Waals surface area (Å²) >= 11 is 7.49. The van der Waals surface area contributed by atoms with Crippen LogP contribution in [0, 0.1) is 5.92 Å². The summed E-state index contributed by atoms with van der Waals surface area (Å²) in [6, 6.07) is 2.56. The van der Waals surface area contributed by atoms with Gasteiger partial charge in [-0.2, -0.15) is 13.2 Å². The Morgan fingerprint density at radius 3 is 2.39 bits per heavy atom. The largest absolute Gasteiger partial charge is 0.506 e. The van der Waals surface area contributed by atoms with Gasteiger partial charge in [-0.3, -0.25) is 15.0 Å². The molecular weight excluding hydrogens is 683 g/mol. The number of phenolic OH excluding ortho intramolecular Hbond substituents is 1. The number of alkyl halides is 3. The lowest BCUT2D eigenvalue weighted by Gasteiger charge is -2.51. The number of phenols is 1. The number of anilines is 1. The summed E-state index contributed by atoms with van der Waals surface area (Å²) in [5.74, 6) is -0.789. The van der Waals surface area contributed by atoms with Gasteiger partial charge in [0.2, 0.25) is 5.91 Å². The van der Waals surface area contributed by atoms with Gasteiger partial charge in [-0.1, -0.05) is 11.6 Å². The summed E-state index contributed by atoms with van der Waals surface area (Å²) in [6.07, 6.45) is -1.64. The minimum Gasteiger partial charge on any atom is -0.506 e. The van der Waals surface area contributed by atoms with Crippen molar-refractivity contribution in [3.05, 3.63) is 45.3 Å². The molecule has 5 saturated heterocycles. The Kier molecular flexibility index (Phi) is 9.63. The van der Waals surface area contributed by atoms with Gasteiger partial charge in [-0.25, -0.2) is 9.59 Å². The van der Waals surface area contributed by atoms with Crippen LogP contribution in [0.3, 0.4) is 0 Å². The number of piperidine rings is 4. The molecule has 3 N–H and O–H groups in total. The summed E-state index contributed by atoms with van der Waals surface area (Å²) in [6.45, 7) is 6.79. The fraction of sp³-hybridized carbons (Fsp3) is 0.606. The first kappa shape index (κ1) is 34.2. The quantitative estimate of drug-likeness (QED) is 0.405. The zero-order valence-corrected chi connectivity index (χ0v) is 28.6. The Morgan fingerprint density at radius 2 is 1.73 bits per heavy atom. The number of hydrogen-bond acceptors (Lipinski definition) is 7. The molecule has 0 radical (unpaired) electrons. The Hall–Kier alpha value is -3.27. The summed E-state index contributed by atoms with van der Waals surface area (Å²) in [5, 5.41) is 18.1. The number of fused-ring (bicyclic) bond motifs is 4. The van der Waals surface area contributed by atoms with Crippen LogP contribution in [0.25, 0.3) is 0 Å². The van der Waals surface area contributed by atoms with Gasteiger partial charge in [0.25, 0.3) is 0 Å². The van der Waals surface area contributed by atoms with Gasteiger partial charge in [0.15, 0.2) is 0 Å². The molecule has 2 bridgehead atoms. The summed E-state index contributed by atoms with van der Waals surface area (Å²) in [4.78, 5) is 50.5. The zero-order valence-electron chi connectivity index (χ0n) is 27.1. The first-order chi connectivity index (χ1) is 23.4. The van der Waals surface area contributed by atoms with Crippen molar-refractivity contribution in [1.29, 1.82) is 0 Å². The number of amides is 5. The van der Waals surface area contributed by atoms with Crippen molar-refractivity contribution in [2.24, 2.45) is 5.92 Å². The van der Waals surface area contributed by atoms with Gasteiger partial charge in [-0.15, -0.1) is 11.3 Å². The average molecular weight is 724 g/mol. The summed E-state index contributed by atoms with van der Waals surface area (Å²) < 4.78 is 41.2. The maximum absolute atomic E-state index is 14.0. The molecule has 7 heterocycles. The molecule has 0 aliphatic carbocycles. The number of benzene rings is 1. The number of thiophene rings is 1. The Balaban J connectivity index is 1.03. The van der Waals surface area contributed by atoms with E-state index in [0.29, 0.717) is 70.6 Å². The van der Waals surface area contributed by atoms with Crippen molar-refractivity contribution in [3.8, 4) is 5.75 Å². The number of rotatable bonds is 6. The van der Waals surface area contributed by atoms with E-state index in [-0.39, 0.29) is 30.0 Å². The van der Waals surface area contributed by atoms with Crippen LogP contribution in [-0.4, -0.2) is 125 Å². The van der Waals surface area contributed by atoms with E-state index in [1.807, 2.05) is 11.4 Å². The fourth-order valence-corrected chi connectivity index (χ4v) is 9.22. The zero-order chi connectivity index (χ0) is 34.4. The van der Waals surface area contributed by atoms with Crippen LogP contribution < -0.4 is 10.6 Å². The third-order valence-electron chi connectivity index (χ3n) is 10.9. The number of urea groups is 2. The van der Waals surface area contributed by atoms with E-state index in [0.717, 1.165) is 36.3 Å². The van der Waals surface area contributed by atoms with Crippen LogP contribution in [0.2, 0.25) is 5.02 Å². The molecule has 1 aromatic carbocycles. The first-order valence-electron chi connectivity index (χ1n) is 17.0. The number of carbonyl (C=O) groups excluding carboxylic acids is 3. The van der Waals surface area contributed by atoms with Gasteiger partial charge >= 0.3 is 18.2 Å². The monoisotopic (exact) mass is 723 g/mol. The maximum atomic E-state index is 14.0. The minimum absolute atomic E-state index is 0.0677. The lowest BCUT2D eigenvalue weighted by atomic mass is 9.83. The number of nitrogens with one attached hydrogen (secondary N) is 2. The molecule has 49 heavy (non-hydrogen) atoms. The number of likely N-dealkylation sites (tertiary alicyclic amines) is 1. The van der Waals surface area contributed by atoms with Crippen molar-refractivity contribution in [2.75, 3.05) is 64.2 Å². The number of aromatic hydroxyl groups is 1. The lowest BCUT2D eigenvalue weighted by molar-refractivity contribution is -0.138. The standard InChI is InChI=1S/C33H41ClF3N7O4S/c34-25-16-20(15-24(28(25)45)33(35,36)37)17-26(30(46)42-12-10-41(11-13-42)27-19-40-6-1-21(27)2-7-40)38-31(47)43-8-3-23(4-9-43)44-18-22-5-14-49-29(22)39-32(44)48/h5,14-16,21,23,26-27,45H,1-4,6-13,17-19H2,(H,38,47)(H,39,48)/t26-,27?/m1/s1. The summed E-state index contributed by atoms with van der Waals surface area (Å²) in [7, 11) is 0. The third kappa shape index (κ3) is 7.17. The first-order valence-corrected chi connectivity index (χ1v) is 18.2. The van der Waals surface area contributed by atoms with E-state index >= 15 is 0 Å².